The molecular formula is C18H28ClN3O2S. The molecule has 25 heavy (non-hydrogen) atoms. The maximum absolute atomic E-state index is 12.5. The molecule has 2 amide bonds. The van der Waals surface area contributed by atoms with Gasteiger partial charge < -0.3 is 16.0 Å². The molecule has 1 aromatic carbocycles. The zero-order valence-corrected chi connectivity index (χ0v) is 16.5. The van der Waals surface area contributed by atoms with Crippen molar-refractivity contribution >= 4 is 36.0 Å². The Balaban J connectivity index is 0.00000312. The van der Waals surface area contributed by atoms with Crippen molar-refractivity contribution in [1.82, 2.24) is 16.0 Å². The normalized spacial score (nSPS) is 16.8. The highest BCUT2D eigenvalue weighted by Gasteiger charge is 2.16. The smallest absolute Gasteiger partial charge is 0.252 e. The average molecular weight is 386 g/mol. The van der Waals surface area contributed by atoms with Gasteiger partial charge in [-0.25, -0.2) is 0 Å². The Bertz CT molecular complexity index is 563. The van der Waals surface area contributed by atoms with Gasteiger partial charge in [0, 0.05) is 17.5 Å². The van der Waals surface area contributed by atoms with Crippen LogP contribution in [-0.4, -0.2) is 43.2 Å². The number of piperidine rings is 1. The highest BCUT2D eigenvalue weighted by molar-refractivity contribution is 8.00. The molecule has 0 spiro atoms. The summed E-state index contributed by atoms with van der Waals surface area (Å²) in [7, 11) is 0. The molecule has 1 heterocycles. The first-order valence-electron chi connectivity index (χ1n) is 8.56. The second kappa shape index (κ2) is 11.4. The third-order valence-electron chi connectivity index (χ3n) is 3.89. The van der Waals surface area contributed by atoms with Gasteiger partial charge in [-0.1, -0.05) is 12.1 Å². The van der Waals surface area contributed by atoms with Gasteiger partial charge in [0.1, 0.15) is 0 Å². The Hall–Kier alpha value is -1.24. The van der Waals surface area contributed by atoms with Crippen LogP contribution < -0.4 is 16.0 Å². The van der Waals surface area contributed by atoms with Crippen molar-refractivity contribution in [3.8, 4) is 0 Å². The topological polar surface area (TPSA) is 70.2 Å². The Kier molecular flexibility index (Phi) is 9.93. The fourth-order valence-electron chi connectivity index (χ4n) is 2.72. The van der Waals surface area contributed by atoms with Gasteiger partial charge in [0.05, 0.1) is 11.3 Å². The molecule has 3 N–H and O–H groups in total. The van der Waals surface area contributed by atoms with Crippen LogP contribution in [-0.2, 0) is 4.79 Å². The molecule has 1 aliphatic rings. The van der Waals surface area contributed by atoms with E-state index in [9.17, 15) is 9.59 Å². The van der Waals surface area contributed by atoms with Crippen molar-refractivity contribution in [3.05, 3.63) is 29.8 Å². The highest BCUT2D eigenvalue weighted by Crippen LogP contribution is 2.22. The van der Waals surface area contributed by atoms with E-state index in [2.05, 4.69) is 16.0 Å². The van der Waals surface area contributed by atoms with Crippen LogP contribution in [0.3, 0.4) is 0 Å². The average Bonchev–Trinajstić information content (AvgIpc) is 2.58. The summed E-state index contributed by atoms with van der Waals surface area (Å²) in [6.07, 6.45) is 2.32. The van der Waals surface area contributed by atoms with Crippen LogP contribution in [0.4, 0.5) is 0 Å². The van der Waals surface area contributed by atoms with Crippen molar-refractivity contribution in [2.24, 2.45) is 5.92 Å². The van der Waals surface area contributed by atoms with E-state index in [0.717, 1.165) is 30.8 Å². The second-order valence-corrected chi connectivity index (χ2v) is 7.45. The summed E-state index contributed by atoms with van der Waals surface area (Å²) in [6.45, 7) is 6.60. The Morgan fingerprint density at radius 1 is 1.32 bits per heavy atom. The van der Waals surface area contributed by atoms with E-state index in [4.69, 9.17) is 0 Å². The zero-order chi connectivity index (χ0) is 17.4. The Labute approximate surface area is 160 Å². The van der Waals surface area contributed by atoms with E-state index in [1.165, 1.54) is 11.8 Å². The van der Waals surface area contributed by atoms with E-state index in [0.29, 0.717) is 23.8 Å². The summed E-state index contributed by atoms with van der Waals surface area (Å²) in [4.78, 5) is 25.1. The molecule has 1 fully saturated rings. The fraction of sp³-hybridized carbons (Fsp3) is 0.556. The molecule has 1 aliphatic heterocycles. The van der Waals surface area contributed by atoms with Gasteiger partial charge in [-0.15, -0.1) is 24.2 Å². The largest absolute Gasteiger partial charge is 0.353 e. The van der Waals surface area contributed by atoms with E-state index < -0.39 is 0 Å². The number of nitrogens with one attached hydrogen (secondary N) is 3. The van der Waals surface area contributed by atoms with Gasteiger partial charge in [-0.05, 0) is 57.8 Å². The summed E-state index contributed by atoms with van der Waals surface area (Å²) in [6, 6.07) is 7.59. The predicted molar refractivity (Wildman–Crippen MR) is 106 cm³/mol. The molecule has 1 saturated heterocycles. The lowest BCUT2D eigenvalue weighted by Gasteiger charge is -2.23. The number of carbonyl (C=O) groups excluding carboxylic acids is 2. The van der Waals surface area contributed by atoms with Crippen molar-refractivity contribution in [1.29, 1.82) is 0 Å². The van der Waals surface area contributed by atoms with Crippen LogP contribution in [0.2, 0.25) is 0 Å². The van der Waals surface area contributed by atoms with Crippen molar-refractivity contribution in [2.75, 3.05) is 25.4 Å². The molecule has 1 aromatic rings. The molecule has 5 nitrogen and oxygen atoms in total. The maximum Gasteiger partial charge on any atom is 0.252 e. The summed E-state index contributed by atoms with van der Waals surface area (Å²) >= 11 is 1.40. The van der Waals surface area contributed by atoms with Crippen LogP contribution >= 0.6 is 24.2 Å². The minimum Gasteiger partial charge on any atom is -0.353 e. The molecule has 1 atom stereocenters. The molecule has 7 heteroatoms. The summed E-state index contributed by atoms with van der Waals surface area (Å²) in [5.41, 5.74) is 0.642. The second-order valence-electron chi connectivity index (χ2n) is 6.43. The van der Waals surface area contributed by atoms with Gasteiger partial charge in [0.2, 0.25) is 5.91 Å². The highest BCUT2D eigenvalue weighted by atomic mass is 35.5. The lowest BCUT2D eigenvalue weighted by atomic mass is 10.00. The van der Waals surface area contributed by atoms with Gasteiger partial charge in [0.25, 0.3) is 5.91 Å². The molecule has 140 valence electrons. The molecular weight excluding hydrogens is 358 g/mol. The number of hydrogen-bond donors (Lipinski definition) is 3. The molecule has 0 radical (unpaired) electrons. The lowest BCUT2D eigenvalue weighted by Crippen LogP contribution is -2.38. The van der Waals surface area contributed by atoms with Crippen LogP contribution in [0.1, 0.15) is 37.0 Å². The van der Waals surface area contributed by atoms with E-state index in [-0.39, 0.29) is 30.3 Å². The van der Waals surface area contributed by atoms with Gasteiger partial charge >= 0.3 is 0 Å². The fourth-order valence-corrected chi connectivity index (χ4v) is 3.58. The number of thioether (sulfide) groups is 1. The van der Waals surface area contributed by atoms with Gasteiger partial charge in [0.15, 0.2) is 0 Å². The number of rotatable bonds is 7. The SMILES string of the molecule is CC(C)NC(=O)CSc1ccccc1C(=O)NCC1CCCNC1.Cl. The van der Waals surface area contributed by atoms with Crippen molar-refractivity contribution in [3.63, 3.8) is 0 Å². The van der Waals surface area contributed by atoms with Crippen molar-refractivity contribution < 1.29 is 9.59 Å². The molecule has 2 rings (SSSR count). The predicted octanol–water partition coefficient (Wildman–Crippen LogP) is 2.45. The van der Waals surface area contributed by atoms with Gasteiger partial charge in [-0.3, -0.25) is 9.59 Å². The number of hydrogen-bond acceptors (Lipinski definition) is 4. The van der Waals surface area contributed by atoms with Gasteiger partial charge in [-0.2, -0.15) is 0 Å². The number of halogens is 1. The standard InChI is InChI=1S/C18H27N3O2S.ClH/c1-13(2)21-17(22)12-24-16-8-4-3-7-15(16)18(23)20-11-14-6-5-9-19-10-14;/h3-4,7-8,13-14,19H,5-6,9-12H2,1-2H3,(H,20,23)(H,21,22);1H. The monoisotopic (exact) mass is 385 g/mol. The zero-order valence-electron chi connectivity index (χ0n) is 14.8. The van der Waals surface area contributed by atoms with E-state index in [1.807, 2.05) is 38.1 Å². The van der Waals surface area contributed by atoms with Crippen LogP contribution in [0, 0.1) is 5.92 Å². The summed E-state index contributed by atoms with van der Waals surface area (Å²) in [5, 5.41) is 9.26. The van der Waals surface area contributed by atoms with Crippen LogP contribution in [0.15, 0.2) is 29.2 Å². The quantitative estimate of drug-likeness (QED) is 0.630. The molecule has 0 bridgehead atoms. The number of carbonyl (C=O) groups is 2. The lowest BCUT2D eigenvalue weighted by molar-refractivity contribution is -0.119. The van der Waals surface area contributed by atoms with Crippen molar-refractivity contribution in [2.45, 2.75) is 37.6 Å². The Morgan fingerprint density at radius 3 is 2.76 bits per heavy atom. The Morgan fingerprint density at radius 2 is 2.08 bits per heavy atom. The summed E-state index contributed by atoms with van der Waals surface area (Å²) in [5.74, 6) is 0.737. The number of benzene rings is 1. The first kappa shape index (κ1) is 21.8. The third-order valence-corrected chi connectivity index (χ3v) is 4.96. The minimum absolute atomic E-state index is 0. The molecule has 0 saturated carbocycles. The first-order chi connectivity index (χ1) is 11.6. The number of amides is 2. The van der Waals surface area contributed by atoms with E-state index in [1.54, 1.807) is 0 Å². The molecule has 0 aromatic heterocycles. The minimum atomic E-state index is -0.0621. The third kappa shape index (κ3) is 7.67. The van der Waals surface area contributed by atoms with Crippen LogP contribution in [0.5, 0.6) is 0 Å². The summed E-state index contributed by atoms with van der Waals surface area (Å²) < 4.78 is 0. The maximum atomic E-state index is 12.5. The molecule has 1 unspecified atom stereocenters. The first-order valence-corrected chi connectivity index (χ1v) is 9.55. The van der Waals surface area contributed by atoms with E-state index >= 15 is 0 Å². The molecule has 0 aliphatic carbocycles. The van der Waals surface area contributed by atoms with Crippen LogP contribution in [0.25, 0.3) is 0 Å².